The predicted octanol–water partition coefficient (Wildman–Crippen LogP) is 3.31. The number of carbonyl (C=O) groups excluding carboxylic acids is 2. The molecule has 0 unspecified atom stereocenters. The highest BCUT2D eigenvalue weighted by molar-refractivity contribution is 7.10. The van der Waals surface area contributed by atoms with Crippen molar-refractivity contribution in [1.82, 2.24) is 5.32 Å². The van der Waals surface area contributed by atoms with Crippen LogP contribution in [-0.4, -0.2) is 23.5 Å². The first kappa shape index (κ1) is 16.1. The monoisotopic (exact) mass is 347 g/mol. The summed E-state index contributed by atoms with van der Waals surface area (Å²) in [4.78, 5) is 25.5. The van der Waals surface area contributed by atoms with Crippen LogP contribution in [0.2, 0.25) is 0 Å². The van der Waals surface area contributed by atoms with E-state index in [-0.39, 0.29) is 23.8 Å². The van der Waals surface area contributed by atoms with E-state index in [1.807, 2.05) is 17.5 Å². The van der Waals surface area contributed by atoms with Gasteiger partial charge in [-0.15, -0.1) is 11.3 Å². The van der Waals surface area contributed by atoms with E-state index in [0.29, 0.717) is 0 Å². The second kappa shape index (κ2) is 6.17. The summed E-state index contributed by atoms with van der Waals surface area (Å²) in [5.74, 6) is 1.90. The maximum absolute atomic E-state index is 12.6. The van der Waals surface area contributed by atoms with Gasteiger partial charge in [-0.3, -0.25) is 9.59 Å². The fraction of sp³-hybridized carbons (Fsp3) is 0.684. The van der Waals surface area contributed by atoms with Crippen LogP contribution >= 0.6 is 11.3 Å². The van der Waals surface area contributed by atoms with Crippen LogP contribution in [0.5, 0.6) is 0 Å². The van der Waals surface area contributed by atoms with Gasteiger partial charge in [-0.1, -0.05) is 6.07 Å². The van der Waals surface area contributed by atoms with Gasteiger partial charge in [0.2, 0.25) is 0 Å². The number of carbonyl (C=O) groups is 2. The molecule has 1 aromatic rings. The number of amides is 1. The van der Waals surface area contributed by atoms with Crippen molar-refractivity contribution in [2.45, 2.75) is 63.5 Å². The lowest BCUT2D eigenvalue weighted by Gasteiger charge is -2.57. The highest BCUT2D eigenvalue weighted by atomic mass is 32.1. The molecule has 0 aliphatic heterocycles. The molecule has 5 heteroatoms. The maximum Gasteiger partial charge on any atom is 0.311 e. The lowest BCUT2D eigenvalue weighted by molar-refractivity contribution is -0.156. The molecule has 5 rings (SSSR count). The third-order valence-electron chi connectivity index (χ3n) is 6.00. The van der Waals surface area contributed by atoms with Crippen molar-refractivity contribution in [3.63, 3.8) is 0 Å². The number of esters is 1. The zero-order chi connectivity index (χ0) is 16.7. The van der Waals surface area contributed by atoms with Crippen molar-refractivity contribution in [3.8, 4) is 0 Å². The second-order valence-electron chi connectivity index (χ2n) is 8.08. The van der Waals surface area contributed by atoms with E-state index in [4.69, 9.17) is 4.74 Å². The molecule has 130 valence electrons. The molecule has 4 nitrogen and oxygen atoms in total. The molecule has 4 saturated carbocycles. The lowest BCUT2D eigenvalue weighted by Crippen LogP contribution is -2.61. The molecule has 0 spiro atoms. The van der Waals surface area contributed by atoms with E-state index in [1.165, 1.54) is 30.6 Å². The first-order valence-corrected chi connectivity index (χ1v) is 9.93. The minimum Gasteiger partial charge on any atom is -0.452 e. The van der Waals surface area contributed by atoms with Crippen molar-refractivity contribution in [2.75, 3.05) is 0 Å². The zero-order valence-corrected chi connectivity index (χ0v) is 14.9. The van der Waals surface area contributed by atoms with E-state index in [0.717, 1.165) is 41.9 Å². The smallest absolute Gasteiger partial charge is 0.311 e. The molecular weight excluding hydrogens is 322 g/mol. The Balaban J connectivity index is 1.33. The Labute approximate surface area is 147 Å². The fourth-order valence-electron chi connectivity index (χ4n) is 5.47. The van der Waals surface area contributed by atoms with Crippen molar-refractivity contribution in [3.05, 3.63) is 22.4 Å². The Morgan fingerprint density at radius 2 is 1.88 bits per heavy atom. The Morgan fingerprint density at radius 1 is 1.25 bits per heavy atom. The topological polar surface area (TPSA) is 55.4 Å². The van der Waals surface area contributed by atoms with Crippen LogP contribution in [0.1, 0.15) is 50.3 Å². The van der Waals surface area contributed by atoms with E-state index in [9.17, 15) is 9.59 Å². The van der Waals surface area contributed by atoms with E-state index < -0.39 is 6.10 Å². The van der Waals surface area contributed by atoms with Crippen LogP contribution in [-0.2, 0) is 20.7 Å². The van der Waals surface area contributed by atoms with E-state index in [1.54, 1.807) is 6.92 Å². The summed E-state index contributed by atoms with van der Waals surface area (Å²) in [6, 6.07) is 3.82. The Hall–Kier alpha value is -1.36. The van der Waals surface area contributed by atoms with Gasteiger partial charge in [0.15, 0.2) is 6.10 Å². The molecule has 1 amide bonds. The van der Waals surface area contributed by atoms with Crippen LogP contribution in [0.4, 0.5) is 0 Å². The quantitative estimate of drug-likeness (QED) is 0.832. The number of hydrogen-bond acceptors (Lipinski definition) is 4. The molecule has 1 heterocycles. The molecule has 4 aliphatic rings. The molecule has 4 aliphatic carbocycles. The van der Waals surface area contributed by atoms with E-state index >= 15 is 0 Å². The van der Waals surface area contributed by atoms with Gasteiger partial charge in [0.05, 0.1) is 6.42 Å². The van der Waals surface area contributed by atoms with Crippen LogP contribution < -0.4 is 5.32 Å². The minimum absolute atomic E-state index is 0.0275. The third kappa shape index (κ3) is 3.23. The Kier molecular flexibility index (Phi) is 4.15. The number of thiophene rings is 1. The molecule has 0 saturated heterocycles. The second-order valence-corrected chi connectivity index (χ2v) is 9.11. The summed E-state index contributed by atoms with van der Waals surface area (Å²) in [6.07, 6.45) is 6.90. The van der Waals surface area contributed by atoms with Crippen LogP contribution in [0, 0.1) is 17.8 Å². The molecule has 24 heavy (non-hydrogen) atoms. The third-order valence-corrected chi connectivity index (χ3v) is 6.88. The SMILES string of the molecule is C[C@H](OC(=O)Cc1cccs1)C(=O)NC12CC3CC(CC(C3)C1)C2. The van der Waals surface area contributed by atoms with Gasteiger partial charge >= 0.3 is 5.97 Å². The number of rotatable bonds is 5. The molecule has 1 aromatic heterocycles. The minimum atomic E-state index is -0.717. The molecule has 0 radical (unpaired) electrons. The number of hydrogen-bond donors (Lipinski definition) is 1. The summed E-state index contributed by atoms with van der Waals surface area (Å²) in [7, 11) is 0. The maximum atomic E-state index is 12.6. The average molecular weight is 347 g/mol. The molecule has 0 aromatic carbocycles. The van der Waals surface area contributed by atoms with Crippen molar-refractivity contribution < 1.29 is 14.3 Å². The van der Waals surface area contributed by atoms with Gasteiger partial charge in [0.25, 0.3) is 5.91 Å². The average Bonchev–Trinajstić information content (AvgIpc) is 2.97. The molecule has 1 N–H and O–H groups in total. The largest absolute Gasteiger partial charge is 0.452 e. The summed E-state index contributed by atoms with van der Waals surface area (Å²) in [6.45, 7) is 1.68. The Bertz CT molecular complexity index is 589. The molecule has 1 atom stereocenters. The number of ether oxygens (including phenoxy) is 1. The highest BCUT2D eigenvalue weighted by Crippen LogP contribution is 2.55. The van der Waals surface area contributed by atoms with Gasteiger partial charge in [0, 0.05) is 10.4 Å². The van der Waals surface area contributed by atoms with Crippen molar-refractivity contribution >= 4 is 23.2 Å². The normalized spacial score (nSPS) is 34.8. The van der Waals surface area contributed by atoms with Gasteiger partial charge in [-0.25, -0.2) is 0 Å². The van der Waals surface area contributed by atoms with Gasteiger partial charge in [0.1, 0.15) is 0 Å². The van der Waals surface area contributed by atoms with Crippen LogP contribution in [0.25, 0.3) is 0 Å². The fourth-order valence-corrected chi connectivity index (χ4v) is 6.16. The first-order valence-electron chi connectivity index (χ1n) is 9.05. The standard InChI is InChI=1S/C19H25NO3S/c1-12(23-17(21)8-16-3-2-4-24-16)18(22)20-19-9-13-5-14(10-19)7-15(6-13)11-19/h2-4,12-15H,5-11H2,1H3,(H,20,22)/t12-,13?,14?,15?,19?/m0/s1. The summed E-state index contributed by atoms with van der Waals surface area (Å²) in [5, 5.41) is 5.21. The van der Waals surface area contributed by atoms with Crippen molar-refractivity contribution in [2.24, 2.45) is 17.8 Å². The number of nitrogens with one attached hydrogen (secondary N) is 1. The van der Waals surface area contributed by atoms with E-state index in [2.05, 4.69) is 5.32 Å². The molecular formula is C19H25NO3S. The predicted molar refractivity (Wildman–Crippen MR) is 92.6 cm³/mol. The summed E-state index contributed by atoms with van der Waals surface area (Å²) in [5.41, 5.74) is -0.0275. The highest BCUT2D eigenvalue weighted by Gasteiger charge is 2.51. The summed E-state index contributed by atoms with van der Waals surface area (Å²) >= 11 is 1.53. The van der Waals surface area contributed by atoms with Gasteiger partial charge < -0.3 is 10.1 Å². The zero-order valence-electron chi connectivity index (χ0n) is 14.1. The first-order chi connectivity index (χ1) is 11.5. The van der Waals surface area contributed by atoms with Gasteiger partial charge in [-0.05, 0) is 74.6 Å². The lowest BCUT2D eigenvalue weighted by atomic mass is 9.53. The van der Waals surface area contributed by atoms with Crippen molar-refractivity contribution in [1.29, 1.82) is 0 Å². The molecule has 4 bridgehead atoms. The Morgan fingerprint density at radius 3 is 2.42 bits per heavy atom. The molecule has 4 fully saturated rings. The summed E-state index contributed by atoms with van der Waals surface area (Å²) < 4.78 is 5.36. The van der Waals surface area contributed by atoms with Crippen LogP contribution in [0.15, 0.2) is 17.5 Å². The van der Waals surface area contributed by atoms with Gasteiger partial charge in [-0.2, -0.15) is 0 Å². The van der Waals surface area contributed by atoms with Crippen LogP contribution in [0.3, 0.4) is 0 Å².